The van der Waals surface area contributed by atoms with Crippen molar-refractivity contribution in [2.45, 2.75) is 24.3 Å². The lowest BCUT2D eigenvalue weighted by Crippen LogP contribution is -2.17. The molecule has 1 amide bonds. The van der Waals surface area contributed by atoms with Crippen LogP contribution in [0.5, 0.6) is 0 Å². The monoisotopic (exact) mass is 310 g/mol. The van der Waals surface area contributed by atoms with Crippen LogP contribution in [-0.4, -0.2) is 36.1 Å². The van der Waals surface area contributed by atoms with Crippen molar-refractivity contribution >= 4 is 31.5 Å². The van der Waals surface area contributed by atoms with Gasteiger partial charge in [-0.3, -0.25) is 4.79 Å². The topological polar surface area (TPSA) is 124 Å². The molecule has 11 heteroatoms. The Labute approximate surface area is 113 Å². The third-order valence-corrected chi connectivity index (χ3v) is 3.53. The van der Waals surface area contributed by atoms with E-state index in [1.807, 2.05) is 0 Å². The lowest BCUT2D eigenvalue weighted by Gasteiger charge is -1.97. The number of hydrogen-bond acceptors (Lipinski definition) is 6. The number of nitrogens with one attached hydrogen (secondary N) is 1. The summed E-state index contributed by atoms with van der Waals surface area (Å²) in [6, 6.07) is 0. The van der Waals surface area contributed by atoms with Crippen LogP contribution in [0.15, 0.2) is 11.1 Å². The fourth-order valence-electron chi connectivity index (χ4n) is 1.33. The van der Waals surface area contributed by atoms with Crippen LogP contribution >= 0.6 is 10.7 Å². The van der Waals surface area contributed by atoms with E-state index in [0.29, 0.717) is 6.42 Å². The third kappa shape index (κ3) is 4.17. The minimum absolute atomic E-state index is 0.167. The van der Waals surface area contributed by atoms with Crippen molar-refractivity contribution < 1.29 is 18.1 Å². The predicted molar refractivity (Wildman–Crippen MR) is 65.2 cm³/mol. The molecule has 0 aliphatic rings. The van der Waals surface area contributed by atoms with Gasteiger partial charge in [0.2, 0.25) is 10.8 Å². The highest BCUT2D eigenvalue weighted by Crippen LogP contribution is 2.25. The van der Waals surface area contributed by atoms with E-state index >= 15 is 0 Å². The van der Waals surface area contributed by atoms with Gasteiger partial charge >= 0.3 is 5.82 Å². The van der Waals surface area contributed by atoms with E-state index in [2.05, 4.69) is 10.4 Å². The molecule has 19 heavy (non-hydrogen) atoms. The molecule has 1 N–H and O–H groups in total. The number of nitro groups is 1. The molecule has 0 aliphatic heterocycles. The summed E-state index contributed by atoms with van der Waals surface area (Å²) in [5, 5.41) is 16.6. The molecular weight excluding hydrogens is 300 g/mol. The lowest BCUT2D eigenvalue weighted by atomic mass is 10.3. The van der Waals surface area contributed by atoms with E-state index in [-0.39, 0.29) is 18.9 Å². The quantitative estimate of drug-likeness (QED) is 0.456. The molecule has 0 unspecified atom stereocenters. The fourth-order valence-corrected chi connectivity index (χ4v) is 2.24. The molecule has 1 aromatic rings. The smallest absolute Gasteiger partial charge is 0.359 e. The Morgan fingerprint density at radius 1 is 1.63 bits per heavy atom. The number of nitrogens with zero attached hydrogens (tertiary/aromatic N) is 3. The van der Waals surface area contributed by atoms with Gasteiger partial charge < -0.3 is 15.4 Å². The number of hydrogen-bond donors (Lipinski definition) is 1. The molecule has 1 heterocycles. The van der Waals surface area contributed by atoms with E-state index in [9.17, 15) is 23.3 Å². The molecule has 1 aromatic heterocycles. The highest BCUT2D eigenvalue weighted by atomic mass is 35.7. The highest BCUT2D eigenvalue weighted by molar-refractivity contribution is 8.13. The predicted octanol–water partition coefficient (Wildman–Crippen LogP) is 0.245. The first-order valence-electron chi connectivity index (χ1n) is 5.12. The molecular formula is C8H11ClN4O5S. The van der Waals surface area contributed by atoms with E-state index < -0.39 is 24.7 Å². The molecule has 1 rings (SSSR count). The van der Waals surface area contributed by atoms with E-state index in [0.717, 1.165) is 10.9 Å². The van der Waals surface area contributed by atoms with Gasteiger partial charge in [0.15, 0.2) is 0 Å². The van der Waals surface area contributed by atoms with Crippen LogP contribution in [0.25, 0.3) is 0 Å². The summed E-state index contributed by atoms with van der Waals surface area (Å²) in [5.41, 5.74) is 0. The van der Waals surface area contributed by atoms with Crippen molar-refractivity contribution in [3.63, 3.8) is 0 Å². The molecule has 0 bridgehead atoms. The summed E-state index contributed by atoms with van der Waals surface area (Å²) in [4.78, 5) is 20.0. The van der Waals surface area contributed by atoms with Crippen LogP contribution in [0, 0.1) is 10.1 Å². The van der Waals surface area contributed by atoms with Crippen LogP contribution in [0.4, 0.5) is 5.82 Å². The summed E-state index contributed by atoms with van der Waals surface area (Å²) in [6.45, 7) is 0.167. The first-order chi connectivity index (χ1) is 8.75. The average Bonchev–Trinajstić information content (AvgIpc) is 2.73. The van der Waals surface area contributed by atoms with Crippen molar-refractivity contribution in [2.24, 2.45) is 0 Å². The van der Waals surface area contributed by atoms with Crippen LogP contribution in [0.3, 0.4) is 0 Å². The Morgan fingerprint density at radius 3 is 2.68 bits per heavy atom. The second kappa shape index (κ2) is 5.97. The molecule has 0 spiro atoms. The van der Waals surface area contributed by atoms with Crippen molar-refractivity contribution in [3.8, 4) is 0 Å². The largest absolute Gasteiger partial charge is 0.410 e. The molecule has 9 nitrogen and oxygen atoms in total. The Morgan fingerprint density at radius 2 is 2.26 bits per heavy atom. The Hall–Kier alpha value is -1.68. The Balaban J connectivity index is 2.88. The Kier molecular flexibility index (Phi) is 4.84. The van der Waals surface area contributed by atoms with E-state index in [1.165, 1.54) is 7.05 Å². The number of carbonyl (C=O) groups excluding carboxylic acids is 1. The van der Waals surface area contributed by atoms with Crippen LogP contribution in [0.1, 0.15) is 12.8 Å². The molecule has 0 aromatic carbocycles. The standard InChI is InChI=1S/C8H11ClN4O5S/c1-10-7(14)3-2-4-12-5-6(19(9,17)18)8(11-12)13(15)16/h5H,2-4H2,1H3,(H,10,14). The number of aromatic nitrogens is 2. The molecule has 0 radical (unpaired) electrons. The molecule has 106 valence electrons. The second-order valence-electron chi connectivity index (χ2n) is 3.55. The molecule has 0 saturated carbocycles. The zero-order valence-corrected chi connectivity index (χ0v) is 11.4. The Bertz CT molecular complexity index is 596. The van der Waals surface area contributed by atoms with Crippen molar-refractivity contribution in [1.82, 2.24) is 15.1 Å². The van der Waals surface area contributed by atoms with Crippen LogP contribution in [0.2, 0.25) is 0 Å². The normalized spacial score (nSPS) is 11.3. The molecule has 0 saturated heterocycles. The summed E-state index contributed by atoms with van der Waals surface area (Å²) >= 11 is 0. The molecule has 0 fully saturated rings. The van der Waals surface area contributed by atoms with Gasteiger partial charge in [0.25, 0.3) is 9.05 Å². The minimum atomic E-state index is -4.24. The molecule has 0 aliphatic carbocycles. The number of rotatable bonds is 6. The van der Waals surface area contributed by atoms with Crippen LogP contribution < -0.4 is 5.32 Å². The van der Waals surface area contributed by atoms with Crippen molar-refractivity contribution in [3.05, 3.63) is 16.3 Å². The molecule has 0 atom stereocenters. The van der Waals surface area contributed by atoms with Gasteiger partial charge in [0, 0.05) is 24.2 Å². The first kappa shape index (κ1) is 15.4. The summed E-state index contributed by atoms with van der Waals surface area (Å²) in [7, 11) is 2.33. The van der Waals surface area contributed by atoms with Crippen molar-refractivity contribution in [2.75, 3.05) is 7.05 Å². The number of carbonyl (C=O) groups is 1. The van der Waals surface area contributed by atoms with Gasteiger partial charge in [-0.2, -0.15) is 4.68 Å². The maximum absolute atomic E-state index is 11.1. The lowest BCUT2D eigenvalue weighted by molar-refractivity contribution is -0.392. The van der Waals surface area contributed by atoms with Gasteiger partial charge in [0.05, 0.1) is 17.8 Å². The minimum Gasteiger partial charge on any atom is -0.359 e. The maximum atomic E-state index is 11.1. The zero-order chi connectivity index (χ0) is 14.6. The summed E-state index contributed by atoms with van der Waals surface area (Å²) < 4.78 is 23.4. The first-order valence-corrected chi connectivity index (χ1v) is 7.43. The average molecular weight is 311 g/mol. The van der Waals surface area contributed by atoms with Gasteiger partial charge in [-0.05, 0) is 11.3 Å². The second-order valence-corrected chi connectivity index (χ2v) is 6.09. The van der Waals surface area contributed by atoms with Gasteiger partial charge in [-0.15, -0.1) is 0 Å². The fraction of sp³-hybridized carbons (Fsp3) is 0.500. The zero-order valence-electron chi connectivity index (χ0n) is 9.87. The van der Waals surface area contributed by atoms with E-state index in [1.54, 1.807) is 0 Å². The third-order valence-electron chi connectivity index (χ3n) is 2.22. The summed E-state index contributed by atoms with van der Waals surface area (Å²) in [6.07, 6.45) is 1.54. The van der Waals surface area contributed by atoms with Gasteiger partial charge in [-0.25, -0.2) is 8.42 Å². The SMILES string of the molecule is CNC(=O)CCCn1cc(S(=O)(=O)Cl)c([N+](=O)[O-])n1. The van der Waals surface area contributed by atoms with Crippen LogP contribution in [-0.2, 0) is 20.4 Å². The number of halogens is 1. The summed E-state index contributed by atoms with van der Waals surface area (Å²) in [5.74, 6) is -1.01. The van der Waals surface area contributed by atoms with Crippen molar-refractivity contribution in [1.29, 1.82) is 0 Å². The highest BCUT2D eigenvalue weighted by Gasteiger charge is 2.29. The maximum Gasteiger partial charge on any atom is 0.410 e. The van der Waals surface area contributed by atoms with Gasteiger partial charge in [0.1, 0.15) is 0 Å². The van der Waals surface area contributed by atoms with E-state index in [4.69, 9.17) is 10.7 Å². The number of amides is 1. The number of aryl methyl sites for hydroxylation is 1. The van der Waals surface area contributed by atoms with Gasteiger partial charge in [-0.1, -0.05) is 0 Å².